The fourth-order valence-corrected chi connectivity index (χ4v) is 6.59. The first-order chi connectivity index (χ1) is 21.0. The number of benzene rings is 3. The number of thiophene rings is 1. The molecule has 0 radical (unpaired) electrons. The highest BCUT2D eigenvalue weighted by molar-refractivity contribution is 7.09. The molecule has 0 bridgehead atoms. The Morgan fingerprint density at radius 3 is 2.65 bits per heavy atom. The molecule has 0 unspecified atom stereocenters. The minimum atomic E-state index is -0.947. The summed E-state index contributed by atoms with van der Waals surface area (Å²) in [5.41, 5.74) is 5.23. The molecule has 1 aliphatic carbocycles. The first-order valence-electron chi connectivity index (χ1n) is 14.9. The first-order valence-corrected chi connectivity index (χ1v) is 15.7. The molecule has 0 fully saturated rings. The van der Waals surface area contributed by atoms with Crippen molar-refractivity contribution >= 4 is 40.1 Å². The van der Waals surface area contributed by atoms with Gasteiger partial charge in [0.25, 0.3) is 0 Å². The maximum atomic E-state index is 13.7. The molecule has 1 aliphatic rings. The molecular weight excluding hydrogens is 556 g/mol. The minimum Gasteiger partial charge on any atom is -0.478 e. The lowest BCUT2D eigenvalue weighted by Crippen LogP contribution is -2.14. The molecule has 0 amide bonds. The normalized spacial score (nSPS) is 12.9. The number of esters is 1. The number of carbonyl (C=O) groups excluding carboxylic acids is 1. The number of rotatable bonds is 11. The number of fused-ring (bicyclic) bond motifs is 2. The van der Waals surface area contributed by atoms with Gasteiger partial charge in [-0.05, 0) is 88.9 Å². The summed E-state index contributed by atoms with van der Waals surface area (Å²) >= 11 is 1.61. The van der Waals surface area contributed by atoms with E-state index in [4.69, 9.17) is 9.72 Å². The highest BCUT2D eigenvalue weighted by atomic mass is 32.1. The van der Waals surface area contributed by atoms with Gasteiger partial charge in [0.15, 0.2) is 0 Å². The average Bonchev–Trinajstić information content (AvgIpc) is 3.78. The number of aromatic carboxylic acids is 1. The van der Waals surface area contributed by atoms with Gasteiger partial charge < -0.3 is 14.4 Å². The van der Waals surface area contributed by atoms with Gasteiger partial charge in [-0.3, -0.25) is 0 Å². The van der Waals surface area contributed by atoms with Crippen molar-refractivity contribution in [3.05, 3.63) is 123 Å². The van der Waals surface area contributed by atoms with Crippen LogP contribution in [0.5, 0.6) is 5.75 Å². The number of aromatic nitrogens is 2. The van der Waals surface area contributed by atoms with Crippen LogP contribution in [0.4, 0.5) is 0 Å². The van der Waals surface area contributed by atoms with Gasteiger partial charge in [0, 0.05) is 29.8 Å². The standard InChI is InChI=1S/C36H34N2O4S/c1-2-3-13-34-37-22-28(38(34)23-26-15-17-33(35(39)40)32-12-5-4-11-31(26)32)19-27(21-30-10-7-18-43-30)36(41)42-29-16-14-24-8-6-9-25(24)20-29/h4-5,7,10-12,14-20,22H,2-3,6,8-9,13,21,23H2,1H3,(H,39,40). The zero-order valence-electron chi connectivity index (χ0n) is 24.2. The van der Waals surface area contributed by atoms with E-state index in [1.807, 2.05) is 72.3 Å². The van der Waals surface area contributed by atoms with E-state index >= 15 is 0 Å². The number of imidazole rings is 1. The lowest BCUT2D eigenvalue weighted by molar-refractivity contribution is -0.130. The Labute approximate surface area is 255 Å². The molecule has 6 nitrogen and oxygen atoms in total. The summed E-state index contributed by atoms with van der Waals surface area (Å²) in [7, 11) is 0. The summed E-state index contributed by atoms with van der Waals surface area (Å²) in [5.74, 6) is 0.190. The van der Waals surface area contributed by atoms with Crippen molar-refractivity contribution in [2.75, 3.05) is 0 Å². The van der Waals surface area contributed by atoms with E-state index in [1.165, 1.54) is 11.1 Å². The molecular formula is C36H34N2O4S. The molecule has 218 valence electrons. The number of unbranched alkanes of at least 4 members (excludes halogenated alkanes) is 1. The van der Waals surface area contributed by atoms with Gasteiger partial charge in [-0.25, -0.2) is 14.6 Å². The summed E-state index contributed by atoms with van der Waals surface area (Å²) < 4.78 is 8.11. The SMILES string of the molecule is CCCCc1ncc(C=C(Cc2cccs2)C(=O)Oc2ccc3c(c2)CCC3)n1Cc1ccc(C(=O)O)c2ccccc12. The van der Waals surface area contributed by atoms with Crippen LogP contribution in [0.15, 0.2) is 83.9 Å². The van der Waals surface area contributed by atoms with Crippen LogP contribution in [-0.2, 0) is 37.0 Å². The van der Waals surface area contributed by atoms with Crippen LogP contribution >= 0.6 is 11.3 Å². The fraction of sp³-hybridized carbons (Fsp3) is 0.250. The van der Waals surface area contributed by atoms with E-state index in [0.29, 0.717) is 29.7 Å². The van der Waals surface area contributed by atoms with Crippen LogP contribution in [0.3, 0.4) is 0 Å². The van der Waals surface area contributed by atoms with Crippen LogP contribution < -0.4 is 4.74 Å². The summed E-state index contributed by atoms with van der Waals surface area (Å²) in [6, 6.07) is 21.1. The number of hydrogen-bond donors (Lipinski definition) is 1. The van der Waals surface area contributed by atoms with Crippen molar-refractivity contribution < 1.29 is 19.4 Å². The van der Waals surface area contributed by atoms with Gasteiger partial charge in [0.05, 0.1) is 17.5 Å². The molecule has 0 saturated carbocycles. The third-order valence-corrected chi connectivity index (χ3v) is 8.98. The van der Waals surface area contributed by atoms with Gasteiger partial charge in [-0.2, -0.15) is 0 Å². The van der Waals surface area contributed by atoms with Crippen molar-refractivity contribution in [2.24, 2.45) is 0 Å². The molecule has 1 N–H and O–H groups in total. The smallest absolute Gasteiger partial charge is 0.339 e. The Bertz CT molecular complexity index is 1820. The second-order valence-corrected chi connectivity index (χ2v) is 12.0. The summed E-state index contributed by atoms with van der Waals surface area (Å²) in [5, 5.41) is 13.4. The number of nitrogens with zero attached hydrogens (tertiary/aromatic N) is 2. The zero-order chi connectivity index (χ0) is 29.8. The molecule has 2 heterocycles. The monoisotopic (exact) mass is 590 g/mol. The van der Waals surface area contributed by atoms with E-state index in [0.717, 1.165) is 65.9 Å². The Kier molecular flexibility index (Phi) is 8.52. The third-order valence-electron chi connectivity index (χ3n) is 8.11. The van der Waals surface area contributed by atoms with Crippen LogP contribution in [0, 0.1) is 0 Å². The number of hydrogen-bond acceptors (Lipinski definition) is 5. The molecule has 7 heteroatoms. The maximum absolute atomic E-state index is 13.7. The largest absolute Gasteiger partial charge is 0.478 e. The summed E-state index contributed by atoms with van der Waals surface area (Å²) in [4.78, 5) is 31.5. The Balaban J connectivity index is 1.38. The molecule has 0 saturated heterocycles. The third kappa shape index (κ3) is 6.32. The first kappa shape index (κ1) is 28.6. The summed E-state index contributed by atoms with van der Waals surface area (Å²) in [6.07, 6.45) is 10.2. The van der Waals surface area contributed by atoms with Crippen molar-refractivity contribution in [2.45, 2.75) is 58.4 Å². The number of carboxylic acid groups (broad SMARTS) is 1. The second kappa shape index (κ2) is 12.8. The van der Waals surface area contributed by atoms with Crippen molar-refractivity contribution in [1.82, 2.24) is 9.55 Å². The number of carbonyl (C=O) groups is 2. The predicted octanol–water partition coefficient (Wildman–Crippen LogP) is 7.91. The minimum absolute atomic E-state index is 0.281. The van der Waals surface area contributed by atoms with Gasteiger partial charge >= 0.3 is 11.9 Å². The molecule has 43 heavy (non-hydrogen) atoms. The molecule has 3 aromatic carbocycles. The molecule has 0 aliphatic heterocycles. The van der Waals surface area contributed by atoms with Crippen LogP contribution in [0.1, 0.15) is 69.6 Å². The van der Waals surface area contributed by atoms with E-state index < -0.39 is 5.97 Å². The Morgan fingerprint density at radius 2 is 1.86 bits per heavy atom. The van der Waals surface area contributed by atoms with E-state index in [1.54, 1.807) is 17.4 Å². The molecule has 2 aromatic heterocycles. The lowest BCUT2D eigenvalue weighted by Gasteiger charge is -2.15. The van der Waals surface area contributed by atoms with E-state index in [9.17, 15) is 14.7 Å². The van der Waals surface area contributed by atoms with Crippen molar-refractivity contribution in [3.63, 3.8) is 0 Å². The summed E-state index contributed by atoms with van der Waals surface area (Å²) in [6.45, 7) is 2.65. The van der Waals surface area contributed by atoms with Crippen molar-refractivity contribution in [1.29, 1.82) is 0 Å². The quantitative estimate of drug-likeness (QED) is 0.0961. The van der Waals surface area contributed by atoms with Gasteiger partial charge in [0.2, 0.25) is 0 Å². The van der Waals surface area contributed by atoms with Crippen LogP contribution in [0.25, 0.3) is 16.8 Å². The zero-order valence-corrected chi connectivity index (χ0v) is 25.0. The molecule has 6 rings (SSSR count). The lowest BCUT2D eigenvalue weighted by atomic mass is 9.99. The van der Waals surface area contributed by atoms with Crippen LogP contribution in [0.2, 0.25) is 0 Å². The van der Waals surface area contributed by atoms with Gasteiger partial charge in [-0.15, -0.1) is 11.3 Å². The fourth-order valence-electron chi connectivity index (χ4n) is 5.86. The molecule has 0 spiro atoms. The molecule has 5 aromatic rings. The van der Waals surface area contributed by atoms with Gasteiger partial charge in [-0.1, -0.05) is 55.8 Å². The van der Waals surface area contributed by atoms with Crippen molar-refractivity contribution in [3.8, 4) is 5.75 Å². The van der Waals surface area contributed by atoms with Gasteiger partial charge in [0.1, 0.15) is 11.6 Å². The predicted molar refractivity (Wildman–Crippen MR) is 171 cm³/mol. The van der Waals surface area contributed by atoms with E-state index in [-0.39, 0.29) is 11.5 Å². The number of carboxylic acids is 1. The highest BCUT2D eigenvalue weighted by Crippen LogP contribution is 2.29. The topological polar surface area (TPSA) is 81.4 Å². The maximum Gasteiger partial charge on any atom is 0.339 e. The Hall–Kier alpha value is -4.49. The average molecular weight is 591 g/mol. The number of aryl methyl sites for hydroxylation is 3. The molecule has 0 atom stereocenters. The van der Waals surface area contributed by atoms with E-state index in [2.05, 4.69) is 17.6 Å². The van der Waals surface area contributed by atoms with Crippen LogP contribution in [-0.4, -0.2) is 26.6 Å². The highest BCUT2D eigenvalue weighted by Gasteiger charge is 2.19. The Morgan fingerprint density at radius 1 is 1.02 bits per heavy atom. The second-order valence-electron chi connectivity index (χ2n) is 11.0. The number of ether oxygens (including phenoxy) is 1.